The Bertz CT molecular complexity index is 1120. The molecule has 0 saturated heterocycles. The number of rotatable bonds is 5. The van der Waals surface area contributed by atoms with Crippen LogP contribution in [0.1, 0.15) is 30.9 Å². The van der Waals surface area contributed by atoms with Crippen LogP contribution in [0.5, 0.6) is 11.5 Å². The van der Waals surface area contributed by atoms with Gasteiger partial charge in [-0.1, -0.05) is 44.2 Å². The number of ether oxygens (including phenoxy) is 2. The van der Waals surface area contributed by atoms with Crippen molar-refractivity contribution in [2.75, 3.05) is 0 Å². The Morgan fingerprint density at radius 3 is 2.66 bits per heavy atom. The minimum atomic E-state index is -0.582. The maximum absolute atomic E-state index is 12.4. The van der Waals surface area contributed by atoms with E-state index in [0.29, 0.717) is 17.5 Å². The highest BCUT2D eigenvalue weighted by Crippen LogP contribution is 2.37. The van der Waals surface area contributed by atoms with E-state index in [9.17, 15) is 15.0 Å². The molecule has 3 N–H and O–H groups in total. The highest BCUT2D eigenvalue weighted by Gasteiger charge is 2.27. The van der Waals surface area contributed by atoms with Crippen molar-refractivity contribution in [2.24, 2.45) is 0 Å². The summed E-state index contributed by atoms with van der Waals surface area (Å²) < 4.78 is 12.6. The Labute approximate surface area is 166 Å². The largest absolute Gasteiger partial charge is 0.508 e. The molecule has 8 heteroatoms. The lowest BCUT2D eigenvalue weighted by molar-refractivity contribution is -0.0169. The Morgan fingerprint density at radius 2 is 1.93 bits per heavy atom. The molecule has 0 spiro atoms. The second-order valence-electron chi connectivity index (χ2n) is 7.10. The van der Waals surface area contributed by atoms with E-state index >= 15 is 0 Å². The lowest BCUT2D eigenvalue weighted by Crippen LogP contribution is -2.20. The van der Waals surface area contributed by atoms with Crippen molar-refractivity contribution in [3.05, 3.63) is 70.3 Å². The number of aromatic amines is 1. The number of hydrogen-bond acceptors (Lipinski definition) is 6. The Morgan fingerprint density at radius 1 is 1.17 bits per heavy atom. The lowest BCUT2D eigenvalue weighted by atomic mass is 9.98. The summed E-state index contributed by atoms with van der Waals surface area (Å²) in [4.78, 5) is 12.4. The Kier molecular flexibility index (Phi) is 4.75. The Balaban J connectivity index is 1.66. The average molecular weight is 395 g/mol. The van der Waals surface area contributed by atoms with E-state index in [1.807, 2.05) is 44.2 Å². The third-order valence-electron chi connectivity index (χ3n) is 4.72. The summed E-state index contributed by atoms with van der Waals surface area (Å²) in [5.74, 6) is 0.109. The van der Waals surface area contributed by atoms with Gasteiger partial charge < -0.3 is 19.7 Å². The summed E-state index contributed by atoms with van der Waals surface area (Å²) >= 11 is 0. The molecule has 0 aliphatic carbocycles. The van der Waals surface area contributed by atoms with E-state index in [1.165, 1.54) is 16.9 Å². The molecule has 2 heterocycles. The number of phenols is 2. The van der Waals surface area contributed by atoms with Crippen LogP contribution >= 0.6 is 0 Å². The highest BCUT2D eigenvalue weighted by atomic mass is 16.7. The zero-order valence-electron chi connectivity index (χ0n) is 16.0. The van der Waals surface area contributed by atoms with E-state index in [-0.39, 0.29) is 29.1 Å². The molecular formula is C21H21N3O5. The number of nitrogens with one attached hydrogen (secondary N) is 1. The molecule has 1 aromatic heterocycles. The van der Waals surface area contributed by atoms with Crippen molar-refractivity contribution in [3.8, 4) is 22.9 Å². The minimum absolute atomic E-state index is 0.00833. The fourth-order valence-corrected chi connectivity index (χ4v) is 3.24. The lowest BCUT2D eigenvalue weighted by Gasteiger charge is -2.14. The minimum Gasteiger partial charge on any atom is -0.508 e. The molecule has 1 unspecified atom stereocenters. The molecular weight excluding hydrogens is 374 g/mol. The van der Waals surface area contributed by atoms with Crippen molar-refractivity contribution in [3.63, 3.8) is 0 Å². The van der Waals surface area contributed by atoms with Gasteiger partial charge >= 0.3 is 5.69 Å². The van der Waals surface area contributed by atoms with Gasteiger partial charge in [-0.25, -0.2) is 14.5 Å². The quantitative estimate of drug-likeness (QED) is 0.612. The van der Waals surface area contributed by atoms with Gasteiger partial charge in [-0.3, -0.25) is 0 Å². The normalized spacial score (nSPS) is 15.8. The number of aromatic hydroxyl groups is 2. The monoisotopic (exact) mass is 395 g/mol. The van der Waals surface area contributed by atoms with Gasteiger partial charge in [0.1, 0.15) is 17.8 Å². The standard InChI is InChI=1S/C21H21N3O5/c1-12(2)14-9-15(17(26)10-16(14)25)20-22-23-21(27)24(20)18-11-28-19(29-18)8-13-6-4-3-5-7-13/h3-7,9-12,19,25-26H,8H2,1-2H3,(H,23,27). The van der Waals surface area contributed by atoms with E-state index in [2.05, 4.69) is 10.2 Å². The van der Waals surface area contributed by atoms with Crippen LogP contribution in [-0.4, -0.2) is 31.3 Å². The van der Waals surface area contributed by atoms with Crippen LogP contribution in [0, 0.1) is 0 Å². The molecule has 1 aliphatic rings. The van der Waals surface area contributed by atoms with Crippen molar-refractivity contribution >= 4 is 5.88 Å². The summed E-state index contributed by atoms with van der Waals surface area (Å²) in [5.41, 5.74) is 1.42. The van der Waals surface area contributed by atoms with Crippen LogP contribution in [0.15, 0.2) is 53.5 Å². The first-order chi connectivity index (χ1) is 13.9. The van der Waals surface area contributed by atoms with E-state index in [0.717, 1.165) is 5.56 Å². The maximum atomic E-state index is 12.4. The van der Waals surface area contributed by atoms with E-state index in [1.54, 1.807) is 6.07 Å². The van der Waals surface area contributed by atoms with Crippen molar-refractivity contribution in [1.29, 1.82) is 0 Å². The average Bonchev–Trinajstić information content (AvgIpc) is 3.28. The van der Waals surface area contributed by atoms with Crippen LogP contribution in [0.2, 0.25) is 0 Å². The maximum Gasteiger partial charge on any atom is 0.350 e. The zero-order chi connectivity index (χ0) is 20.5. The molecule has 4 rings (SSSR count). The summed E-state index contributed by atoms with van der Waals surface area (Å²) in [6.07, 6.45) is 1.28. The van der Waals surface area contributed by atoms with Gasteiger partial charge in [0.05, 0.1) is 5.56 Å². The molecule has 2 aromatic carbocycles. The first-order valence-corrected chi connectivity index (χ1v) is 9.24. The summed E-state index contributed by atoms with van der Waals surface area (Å²) in [7, 11) is 0. The molecule has 0 radical (unpaired) electrons. The van der Waals surface area contributed by atoms with Gasteiger partial charge in [0.2, 0.25) is 12.2 Å². The number of benzene rings is 2. The van der Waals surface area contributed by atoms with E-state index < -0.39 is 12.0 Å². The first kappa shape index (κ1) is 18.7. The third-order valence-corrected chi connectivity index (χ3v) is 4.72. The van der Waals surface area contributed by atoms with Gasteiger partial charge in [-0.15, -0.1) is 0 Å². The van der Waals surface area contributed by atoms with Crippen molar-refractivity contribution in [1.82, 2.24) is 14.8 Å². The summed E-state index contributed by atoms with van der Waals surface area (Å²) in [6, 6.07) is 12.6. The number of aromatic nitrogens is 3. The van der Waals surface area contributed by atoms with Crippen LogP contribution in [0.4, 0.5) is 0 Å². The summed E-state index contributed by atoms with van der Waals surface area (Å²) in [5, 5.41) is 26.8. The number of phenolic OH excluding ortho intramolecular Hbond substituents is 2. The topological polar surface area (TPSA) is 110 Å². The molecule has 0 amide bonds. The second kappa shape index (κ2) is 7.38. The predicted octanol–water partition coefficient (Wildman–Crippen LogP) is 3.14. The van der Waals surface area contributed by atoms with Crippen molar-refractivity contribution in [2.45, 2.75) is 32.5 Å². The Hall–Kier alpha value is -3.68. The smallest absolute Gasteiger partial charge is 0.350 e. The molecule has 0 fully saturated rings. The molecule has 3 aromatic rings. The predicted molar refractivity (Wildman–Crippen MR) is 106 cm³/mol. The second-order valence-corrected chi connectivity index (χ2v) is 7.10. The SMILES string of the molecule is CC(C)c1cc(-c2n[nH]c(=O)n2C2=COC(Cc3ccccc3)O2)c(O)cc1O. The van der Waals surface area contributed by atoms with Crippen LogP contribution in [0.3, 0.4) is 0 Å². The third kappa shape index (κ3) is 3.56. The number of hydrogen-bond donors (Lipinski definition) is 3. The van der Waals surface area contributed by atoms with Crippen LogP contribution in [-0.2, 0) is 15.9 Å². The highest BCUT2D eigenvalue weighted by molar-refractivity contribution is 5.69. The molecule has 0 bridgehead atoms. The van der Waals surface area contributed by atoms with Gasteiger partial charge in [0.25, 0.3) is 0 Å². The molecule has 0 saturated carbocycles. The molecule has 8 nitrogen and oxygen atoms in total. The van der Waals surface area contributed by atoms with Crippen molar-refractivity contribution < 1.29 is 19.7 Å². The summed E-state index contributed by atoms with van der Waals surface area (Å²) in [6.45, 7) is 3.83. The first-order valence-electron chi connectivity index (χ1n) is 9.24. The number of nitrogens with zero attached hydrogens (tertiary/aromatic N) is 2. The van der Waals surface area contributed by atoms with Gasteiger partial charge in [-0.05, 0) is 23.1 Å². The van der Waals surface area contributed by atoms with Gasteiger partial charge in [-0.2, -0.15) is 5.10 Å². The number of H-pyrrole nitrogens is 1. The molecule has 1 aliphatic heterocycles. The van der Waals surface area contributed by atoms with Crippen LogP contribution in [0.25, 0.3) is 17.3 Å². The molecule has 29 heavy (non-hydrogen) atoms. The fraction of sp³-hybridized carbons (Fsp3) is 0.238. The van der Waals surface area contributed by atoms with Crippen LogP contribution < -0.4 is 5.69 Å². The van der Waals surface area contributed by atoms with Gasteiger partial charge in [0.15, 0.2) is 5.82 Å². The zero-order valence-corrected chi connectivity index (χ0v) is 16.0. The fourth-order valence-electron chi connectivity index (χ4n) is 3.24. The molecule has 150 valence electrons. The molecule has 1 atom stereocenters. The van der Waals surface area contributed by atoms with Gasteiger partial charge in [0, 0.05) is 12.5 Å². The van der Waals surface area contributed by atoms with E-state index in [4.69, 9.17) is 9.47 Å².